The van der Waals surface area contributed by atoms with Crippen LogP contribution in [-0.4, -0.2) is 46.3 Å². The molecule has 1 aliphatic rings. The van der Waals surface area contributed by atoms with E-state index in [1.165, 1.54) is 23.7 Å². The fourth-order valence-corrected chi connectivity index (χ4v) is 3.70. The zero-order valence-corrected chi connectivity index (χ0v) is 15.3. The van der Waals surface area contributed by atoms with E-state index in [9.17, 15) is 9.18 Å². The van der Waals surface area contributed by atoms with Gasteiger partial charge in [-0.25, -0.2) is 9.37 Å². The van der Waals surface area contributed by atoms with E-state index in [1.807, 2.05) is 11.8 Å². The molecular weight excluding hydrogens is 339 g/mol. The van der Waals surface area contributed by atoms with Gasteiger partial charge in [-0.1, -0.05) is 19.1 Å². The molecule has 2 heterocycles. The van der Waals surface area contributed by atoms with Crippen LogP contribution < -0.4 is 4.90 Å². The van der Waals surface area contributed by atoms with E-state index in [0.717, 1.165) is 55.5 Å². The average Bonchev–Trinajstić information content (AvgIpc) is 2.92. The Labute approximate surface area is 151 Å². The summed E-state index contributed by atoms with van der Waals surface area (Å²) in [5.74, 6) is 0.774. The smallest absolute Gasteiger partial charge is 0.222 e. The lowest BCUT2D eigenvalue weighted by atomic mass is 10.1. The van der Waals surface area contributed by atoms with Crippen LogP contribution in [0.5, 0.6) is 0 Å². The Balaban J connectivity index is 1.60. The number of carbonyl (C=O) groups excluding carboxylic acids is 1. The van der Waals surface area contributed by atoms with E-state index >= 15 is 0 Å². The number of aromatic nitrogens is 2. The van der Waals surface area contributed by atoms with Crippen LogP contribution in [0.25, 0.3) is 0 Å². The maximum Gasteiger partial charge on any atom is 0.222 e. The summed E-state index contributed by atoms with van der Waals surface area (Å²) in [5, 5.41) is 0.905. The third-order valence-electron chi connectivity index (χ3n) is 4.32. The summed E-state index contributed by atoms with van der Waals surface area (Å²) in [6.45, 7) is 5.27. The third-order valence-corrected chi connectivity index (χ3v) is 5.13. The molecule has 1 fully saturated rings. The van der Waals surface area contributed by atoms with Gasteiger partial charge in [0.25, 0.3) is 0 Å². The van der Waals surface area contributed by atoms with E-state index in [2.05, 4.69) is 14.3 Å². The topological polar surface area (TPSA) is 49.3 Å². The van der Waals surface area contributed by atoms with E-state index in [1.54, 1.807) is 12.1 Å². The van der Waals surface area contributed by atoms with Gasteiger partial charge in [0.2, 0.25) is 11.0 Å². The molecule has 0 N–H and O–H groups in total. The molecule has 0 aliphatic carbocycles. The van der Waals surface area contributed by atoms with Gasteiger partial charge in [0.15, 0.2) is 0 Å². The van der Waals surface area contributed by atoms with Crippen molar-refractivity contribution in [1.29, 1.82) is 0 Å². The lowest BCUT2D eigenvalue weighted by Gasteiger charge is -2.21. The zero-order valence-electron chi connectivity index (χ0n) is 14.4. The first kappa shape index (κ1) is 17.8. The average molecular weight is 362 g/mol. The van der Waals surface area contributed by atoms with Crippen molar-refractivity contribution >= 4 is 22.6 Å². The second kappa shape index (κ2) is 8.38. The Bertz CT molecular complexity index is 703. The number of hydrogen-bond donors (Lipinski definition) is 0. The number of anilines is 1. The molecule has 3 rings (SSSR count). The summed E-state index contributed by atoms with van der Waals surface area (Å²) < 4.78 is 17.4. The molecule has 0 bridgehead atoms. The van der Waals surface area contributed by atoms with Crippen molar-refractivity contribution in [2.75, 3.05) is 31.1 Å². The predicted molar refractivity (Wildman–Crippen MR) is 97.4 cm³/mol. The molecule has 0 saturated carbocycles. The molecule has 0 atom stereocenters. The first-order chi connectivity index (χ1) is 12.2. The number of benzene rings is 1. The molecular formula is C18H23FN4OS. The van der Waals surface area contributed by atoms with Crippen molar-refractivity contribution in [3.63, 3.8) is 0 Å². The summed E-state index contributed by atoms with van der Waals surface area (Å²) in [7, 11) is 0. The quantitative estimate of drug-likeness (QED) is 0.820. The molecule has 0 radical (unpaired) electrons. The minimum atomic E-state index is -0.234. The Morgan fingerprint density at radius 2 is 2.00 bits per heavy atom. The first-order valence-electron chi connectivity index (χ1n) is 8.75. The van der Waals surface area contributed by atoms with Crippen LogP contribution in [-0.2, 0) is 11.2 Å². The molecule has 1 amide bonds. The van der Waals surface area contributed by atoms with Gasteiger partial charge >= 0.3 is 0 Å². The molecule has 1 aromatic carbocycles. The molecule has 2 aromatic rings. The van der Waals surface area contributed by atoms with Crippen molar-refractivity contribution in [1.82, 2.24) is 14.3 Å². The number of amides is 1. The molecule has 134 valence electrons. The number of rotatable bonds is 5. The molecule has 7 heteroatoms. The highest BCUT2D eigenvalue weighted by Crippen LogP contribution is 2.21. The highest BCUT2D eigenvalue weighted by Gasteiger charge is 2.20. The van der Waals surface area contributed by atoms with Crippen molar-refractivity contribution in [2.45, 2.75) is 32.6 Å². The minimum Gasteiger partial charge on any atom is -0.345 e. The van der Waals surface area contributed by atoms with Crippen molar-refractivity contribution in [2.24, 2.45) is 0 Å². The standard InChI is InChI=1S/C18H23FN4OS/c1-2-4-17(24)22-9-3-10-23(12-11-22)18-20-16(21-25-18)13-14-5-7-15(19)8-6-14/h5-8H,2-4,9-13H2,1H3. The van der Waals surface area contributed by atoms with Crippen molar-refractivity contribution in [3.8, 4) is 0 Å². The minimum absolute atomic E-state index is 0.234. The molecule has 5 nitrogen and oxygen atoms in total. The molecule has 1 aliphatic heterocycles. The van der Waals surface area contributed by atoms with Gasteiger partial charge in [0, 0.05) is 50.6 Å². The lowest BCUT2D eigenvalue weighted by Crippen LogP contribution is -2.35. The van der Waals surface area contributed by atoms with Crippen LogP contribution in [0.3, 0.4) is 0 Å². The van der Waals surface area contributed by atoms with Crippen molar-refractivity contribution < 1.29 is 9.18 Å². The van der Waals surface area contributed by atoms with Gasteiger partial charge in [-0.15, -0.1) is 0 Å². The van der Waals surface area contributed by atoms with E-state index in [4.69, 9.17) is 0 Å². The van der Waals surface area contributed by atoms with Crippen LogP contribution >= 0.6 is 11.5 Å². The predicted octanol–water partition coefficient (Wildman–Crippen LogP) is 3.11. The lowest BCUT2D eigenvalue weighted by molar-refractivity contribution is -0.131. The van der Waals surface area contributed by atoms with Crippen LogP contribution in [0.2, 0.25) is 0 Å². The van der Waals surface area contributed by atoms with Crippen LogP contribution in [0.1, 0.15) is 37.6 Å². The highest BCUT2D eigenvalue weighted by molar-refractivity contribution is 7.09. The second-order valence-electron chi connectivity index (χ2n) is 6.27. The number of carbonyl (C=O) groups is 1. The number of hydrogen-bond acceptors (Lipinski definition) is 5. The summed E-state index contributed by atoms with van der Waals surface area (Å²) in [6.07, 6.45) is 3.07. The molecule has 1 aromatic heterocycles. The molecule has 0 unspecified atom stereocenters. The first-order valence-corrected chi connectivity index (χ1v) is 9.53. The second-order valence-corrected chi connectivity index (χ2v) is 7.00. The SMILES string of the molecule is CCCC(=O)N1CCCN(c2nc(Cc3ccc(F)cc3)ns2)CC1. The maximum absolute atomic E-state index is 13.0. The summed E-state index contributed by atoms with van der Waals surface area (Å²) in [4.78, 5) is 20.9. The fraction of sp³-hybridized carbons (Fsp3) is 0.500. The van der Waals surface area contributed by atoms with Crippen LogP contribution in [0.15, 0.2) is 24.3 Å². The van der Waals surface area contributed by atoms with Gasteiger partial charge in [-0.3, -0.25) is 4.79 Å². The Kier molecular flexibility index (Phi) is 5.96. The van der Waals surface area contributed by atoms with E-state index in [-0.39, 0.29) is 11.7 Å². The monoisotopic (exact) mass is 362 g/mol. The van der Waals surface area contributed by atoms with Crippen LogP contribution in [0.4, 0.5) is 9.52 Å². The summed E-state index contributed by atoms with van der Waals surface area (Å²) in [5.41, 5.74) is 0.998. The zero-order chi connectivity index (χ0) is 17.6. The number of nitrogens with zero attached hydrogens (tertiary/aromatic N) is 4. The van der Waals surface area contributed by atoms with E-state index in [0.29, 0.717) is 12.8 Å². The number of halogens is 1. The third kappa shape index (κ3) is 4.75. The van der Waals surface area contributed by atoms with Gasteiger partial charge in [-0.05, 0) is 30.5 Å². The fourth-order valence-electron chi connectivity index (χ4n) is 2.96. The van der Waals surface area contributed by atoms with Gasteiger partial charge in [-0.2, -0.15) is 4.37 Å². The van der Waals surface area contributed by atoms with Gasteiger partial charge in [0.1, 0.15) is 11.6 Å². The van der Waals surface area contributed by atoms with Gasteiger partial charge < -0.3 is 9.80 Å². The van der Waals surface area contributed by atoms with Crippen molar-refractivity contribution in [3.05, 3.63) is 41.5 Å². The summed E-state index contributed by atoms with van der Waals surface area (Å²) >= 11 is 1.39. The largest absolute Gasteiger partial charge is 0.345 e. The Morgan fingerprint density at radius 3 is 2.76 bits per heavy atom. The molecule has 1 saturated heterocycles. The van der Waals surface area contributed by atoms with Crippen LogP contribution in [0, 0.1) is 5.82 Å². The normalized spacial score (nSPS) is 15.3. The Morgan fingerprint density at radius 1 is 1.20 bits per heavy atom. The molecule has 25 heavy (non-hydrogen) atoms. The Hall–Kier alpha value is -2.02. The highest BCUT2D eigenvalue weighted by atomic mass is 32.1. The molecule has 0 spiro atoms. The summed E-state index contributed by atoms with van der Waals surface area (Å²) in [6, 6.07) is 6.44. The van der Waals surface area contributed by atoms with Gasteiger partial charge in [0.05, 0.1) is 0 Å². The van der Waals surface area contributed by atoms with E-state index < -0.39 is 0 Å². The maximum atomic E-state index is 13.0.